The quantitative estimate of drug-likeness (QED) is 0.756. The van der Waals surface area contributed by atoms with E-state index in [-0.39, 0.29) is 5.91 Å². The number of hydrogen-bond acceptors (Lipinski definition) is 3. The molecule has 0 saturated heterocycles. The second-order valence-corrected chi connectivity index (χ2v) is 4.74. The van der Waals surface area contributed by atoms with E-state index in [4.69, 9.17) is 0 Å². The standard InChI is InChI=1S/C15H20N4O/c1-3-6-17-14-7-11(2)4-5-13(14)15(20)18-9-12-8-16-10-19-12/h4-5,7-8,10,17H,3,6,9H2,1-2H3,(H,16,19)(H,18,20). The van der Waals surface area contributed by atoms with Gasteiger partial charge >= 0.3 is 0 Å². The molecule has 0 fully saturated rings. The summed E-state index contributed by atoms with van der Waals surface area (Å²) in [5, 5.41) is 6.18. The Labute approximate surface area is 118 Å². The van der Waals surface area contributed by atoms with E-state index in [9.17, 15) is 4.79 Å². The van der Waals surface area contributed by atoms with E-state index in [0.29, 0.717) is 12.1 Å². The summed E-state index contributed by atoms with van der Waals surface area (Å²) in [7, 11) is 0. The molecule has 1 aromatic heterocycles. The van der Waals surface area contributed by atoms with E-state index >= 15 is 0 Å². The Morgan fingerprint density at radius 3 is 2.95 bits per heavy atom. The van der Waals surface area contributed by atoms with Crippen molar-refractivity contribution in [3.8, 4) is 0 Å². The number of aryl methyl sites for hydroxylation is 1. The van der Waals surface area contributed by atoms with Crippen molar-refractivity contribution in [2.75, 3.05) is 11.9 Å². The van der Waals surface area contributed by atoms with Crippen LogP contribution in [0.25, 0.3) is 0 Å². The maximum absolute atomic E-state index is 12.2. The number of benzene rings is 1. The number of rotatable bonds is 6. The lowest BCUT2D eigenvalue weighted by Gasteiger charge is -2.12. The van der Waals surface area contributed by atoms with E-state index in [2.05, 4.69) is 27.5 Å². The molecule has 0 aliphatic rings. The maximum atomic E-state index is 12.2. The van der Waals surface area contributed by atoms with Crippen LogP contribution in [0, 0.1) is 6.92 Å². The zero-order valence-corrected chi connectivity index (χ0v) is 11.9. The van der Waals surface area contributed by atoms with Crippen molar-refractivity contribution in [2.45, 2.75) is 26.8 Å². The lowest BCUT2D eigenvalue weighted by Crippen LogP contribution is -2.24. The third-order valence-corrected chi connectivity index (χ3v) is 2.98. The van der Waals surface area contributed by atoms with Gasteiger partial charge in [0.2, 0.25) is 0 Å². The number of nitrogens with zero attached hydrogens (tertiary/aromatic N) is 1. The number of aromatic amines is 1. The molecule has 1 amide bonds. The van der Waals surface area contributed by atoms with Gasteiger partial charge in [0.15, 0.2) is 0 Å². The van der Waals surface area contributed by atoms with Crippen LogP contribution >= 0.6 is 0 Å². The Hall–Kier alpha value is -2.30. The summed E-state index contributed by atoms with van der Waals surface area (Å²) in [6.45, 7) is 5.41. The van der Waals surface area contributed by atoms with E-state index in [1.54, 1.807) is 12.5 Å². The second kappa shape index (κ2) is 6.75. The molecule has 0 atom stereocenters. The molecule has 3 N–H and O–H groups in total. The topological polar surface area (TPSA) is 69.8 Å². The number of carbonyl (C=O) groups excluding carboxylic acids is 1. The van der Waals surface area contributed by atoms with Crippen LogP contribution in [-0.4, -0.2) is 22.4 Å². The van der Waals surface area contributed by atoms with Gasteiger partial charge in [0.25, 0.3) is 5.91 Å². The van der Waals surface area contributed by atoms with Gasteiger partial charge in [-0.1, -0.05) is 13.0 Å². The van der Waals surface area contributed by atoms with Gasteiger partial charge in [-0.15, -0.1) is 0 Å². The molecule has 0 unspecified atom stereocenters. The SMILES string of the molecule is CCCNc1cc(C)ccc1C(=O)NCc1cnc[nH]1. The highest BCUT2D eigenvalue weighted by atomic mass is 16.1. The Bertz CT molecular complexity index is 563. The number of carbonyl (C=O) groups is 1. The molecule has 1 aromatic carbocycles. The lowest BCUT2D eigenvalue weighted by molar-refractivity contribution is 0.0951. The first-order valence-electron chi connectivity index (χ1n) is 6.80. The van der Waals surface area contributed by atoms with Gasteiger partial charge in [-0.2, -0.15) is 0 Å². The summed E-state index contributed by atoms with van der Waals surface area (Å²) >= 11 is 0. The highest BCUT2D eigenvalue weighted by molar-refractivity contribution is 5.99. The molecule has 5 nitrogen and oxygen atoms in total. The lowest BCUT2D eigenvalue weighted by atomic mass is 10.1. The predicted octanol–water partition coefficient (Wildman–Crippen LogP) is 2.47. The summed E-state index contributed by atoms with van der Waals surface area (Å²) in [4.78, 5) is 19.1. The molecule has 1 heterocycles. The van der Waals surface area contributed by atoms with Gasteiger partial charge in [-0.05, 0) is 31.0 Å². The first-order valence-corrected chi connectivity index (χ1v) is 6.80. The van der Waals surface area contributed by atoms with Crippen LogP contribution < -0.4 is 10.6 Å². The number of amides is 1. The molecule has 0 saturated carbocycles. The van der Waals surface area contributed by atoms with Crippen LogP contribution in [0.1, 0.15) is 35.0 Å². The molecule has 5 heteroatoms. The van der Waals surface area contributed by atoms with Crippen LogP contribution in [0.3, 0.4) is 0 Å². The number of imidazole rings is 1. The van der Waals surface area contributed by atoms with E-state index in [0.717, 1.165) is 29.9 Å². The van der Waals surface area contributed by atoms with Crippen molar-refractivity contribution in [1.82, 2.24) is 15.3 Å². The predicted molar refractivity (Wildman–Crippen MR) is 79.7 cm³/mol. The van der Waals surface area contributed by atoms with Gasteiger partial charge in [0.1, 0.15) is 0 Å². The van der Waals surface area contributed by atoms with Crippen LogP contribution in [0.4, 0.5) is 5.69 Å². The van der Waals surface area contributed by atoms with E-state index < -0.39 is 0 Å². The molecule has 2 aromatic rings. The Kier molecular flexibility index (Phi) is 4.76. The van der Waals surface area contributed by atoms with Crippen molar-refractivity contribution in [3.05, 3.63) is 47.5 Å². The summed E-state index contributed by atoms with van der Waals surface area (Å²) in [6.07, 6.45) is 4.32. The molecular formula is C15H20N4O. The molecule has 0 spiro atoms. The first-order chi connectivity index (χ1) is 9.70. The van der Waals surface area contributed by atoms with Crippen molar-refractivity contribution < 1.29 is 4.79 Å². The van der Waals surface area contributed by atoms with Crippen LogP contribution in [0.2, 0.25) is 0 Å². The van der Waals surface area contributed by atoms with E-state index in [1.165, 1.54) is 0 Å². The molecule has 106 valence electrons. The Morgan fingerprint density at radius 1 is 1.40 bits per heavy atom. The van der Waals surface area contributed by atoms with Crippen LogP contribution in [-0.2, 0) is 6.54 Å². The van der Waals surface area contributed by atoms with E-state index in [1.807, 2.05) is 25.1 Å². The van der Waals surface area contributed by atoms with Gasteiger partial charge < -0.3 is 15.6 Å². The Morgan fingerprint density at radius 2 is 2.25 bits per heavy atom. The fourth-order valence-electron chi connectivity index (χ4n) is 1.91. The minimum Gasteiger partial charge on any atom is -0.384 e. The van der Waals surface area contributed by atoms with Gasteiger partial charge in [0.05, 0.1) is 24.1 Å². The molecule has 2 rings (SSSR count). The summed E-state index contributed by atoms with van der Waals surface area (Å²) in [5.74, 6) is -0.0850. The number of hydrogen-bond donors (Lipinski definition) is 3. The molecular weight excluding hydrogens is 252 g/mol. The molecule has 0 bridgehead atoms. The van der Waals surface area contributed by atoms with Crippen molar-refractivity contribution >= 4 is 11.6 Å². The molecule has 0 aliphatic carbocycles. The van der Waals surface area contributed by atoms with Crippen molar-refractivity contribution in [2.24, 2.45) is 0 Å². The fourth-order valence-corrected chi connectivity index (χ4v) is 1.91. The van der Waals surface area contributed by atoms with Gasteiger partial charge in [-0.3, -0.25) is 4.79 Å². The molecule has 0 aliphatic heterocycles. The number of nitrogens with one attached hydrogen (secondary N) is 3. The van der Waals surface area contributed by atoms with Crippen LogP contribution in [0.5, 0.6) is 0 Å². The fraction of sp³-hybridized carbons (Fsp3) is 0.333. The average Bonchev–Trinajstić information content (AvgIpc) is 2.96. The average molecular weight is 272 g/mol. The first kappa shape index (κ1) is 14.1. The minimum atomic E-state index is -0.0850. The van der Waals surface area contributed by atoms with Gasteiger partial charge in [0, 0.05) is 18.4 Å². The van der Waals surface area contributed by atoms with Gasteiger partial charge in [-0.25, -0.2) is 4.98 Å². The second-order valence-electron chi connectivity index (χ2n) is 4.74. The maximum Gasteiger partial charge on any atom is 0.253 e. The zero-order chi connectivity index (χ0) is 14.4. The normalized spacial score (nSPS) is 10.3. The smallest absolute Gasteiger partial charge is 0.253 e. The third-order valence-electron chi connectivity index (χ3n) is 2.98. The highest BCUT2D eigenvalue weighted by Crippen LogP contribution is 2.17. The summed E-state index contributed by atoms with van der Waals surface area (Å²) < 4.78 is 0. The summed E-state index contributed by atoms with van der Waals surface area (Å²) in [6, 6.07) is 5.80. The number of H-pyrrole nitrogens is 1. The highest BCUT2D eigenvalue weighted by Gasteiger charge is 2.11. The number of anilines is 1. The monoisotopic (exact) mass is 272 g/mol. The summed E-state index contributed by atoms with van der Waals surface area (Å²) in [5.41, 5.74) is 3.57. The largest absolute Gasteiger partial charge is 0.384 e. The van der Waals surface area contributed by atoms with Crippen molar-refractivity contribution in [1.29, 1.82) is 0 Å². The molecule has 0 radical (unpaired) electrons. The van der Waals surface area contributed by atoms with Crippen molar-refractivity contribution in [3.63, 3.8) is 0 Å². The Balaban J connectivity index is 2.07. The zero-order valence-electron chi connectivity index (χ0n) is 11.9. The van der Waals surface area contributed by atoms with Crippen LogP contribution in [0.15, 0.2) is 30.7 Å². The third kappa shape index (κ3) is 3.60. The number of aromatic nitrogens is 2. The molecule has 20 heavy (non-hydrogen) atoms. The minimum absolute atomic E-state index is 0.0850.